The third-order valence-corrected chi connectivity index (χ3v) is 7.74. The molecule has 0 saturated heterocycles. The van der Waals surface area contributed by atoms with Gasteiger partial charge in [0.25, 0.3) is 0 Å². The average molecular weight is 404 g/mol. The zero-order chi connectivity index (χ0) is 20.9. The molecule has 1 N–H and O–H groups in total. The fraction of sp³-hybridized carbons (Fsp3) is 0.269. The number of aromatic hydroxyl groups is 1. The number of hydrogen-bond donors (Lipinski definition) is 1. The molecule has 3 rings (SSSR count). The van der Waals surface area contributed by atoms with Gasteiger partial charge in [0.05, 0.1) is 5.69 Å². The summed E-state index contributed by atoms with van der Waals surface area (Å²) >= 11 is 0. The Labute approximate surface area is 176 Å². The highest BCUT2D eigenvalue weighted by molar-refractivity contribution is 7.48. The Bertz CT molecular complexity index is 991. The lowest BCUT2D eigenvalue weighted by Gasteiger charge is -2.34. The normalized spacial score (nSPS) is 12.3. The molecule has 0 amide bonds. The fourth-order valence-corrected chi connectivity index (χ4v) is 5.38. The van der Waals surface area contributed by atoms with E-state index in [-0.39, 0.29) is 5.16 Å². The standard InChI is InChI=1S/C26H30NOP/c1-5-26(6-2,23-17-20(4)12-14-24(23)28)29-25-15-13-19(3)16-21(25)18-27-22-10-8-7-9-11-22/h7-18,28-29H,5-6H2,1-4H3. The molecule has 0 aliphatic heterocycles. The van der Waals surface area contributed by atoms with E-state index in [1.807, 2.05) is 48.7 Å². The number of phenols is 1. The smallest absolute Gasteiger partial charge is 0.119 e. The van der Waals surface area contributed by atoms with Crippen LogP contribution in [0.25, 0.3) is 0 Å². The van der Waals surface area contributed by atoms with E-state index in [9.17, 15) is 5.11 Å². The molecule has 3 aromatic rings. The summed E-state index contributed by atoms with van der Waals surface area (Å²) in [5.41, 5.74) is 5.59. The first kappa shape index (κ1) is 21.3. The lowest BCUT2D eigenvalue weighted by Crippen LogP contribution is -2.23. The topological polar surface area (TPSA) is 32.6 Å². The van der Waals surface area contributed by atoms with Crippen molar-refractivity contribution in [2.24, 2.45) is 4.99 Å². The number of rotatable bonds is 7. The first-order valence-electron chi connectivity index (χ1n) is 10.3. The Morgan fingerprint density at radius 1 is 0.897 bits per heavy atom. The highest BCUT2D eigenvalue weighted by Crippen LogP contribution is 2.50. The minimum Gasteiger partial charge on any atom is -0.508 e. The van der Waals surface area contributed by atoms with Crippen molar-refractivity contribution < 1.29 is 5.11 Å². The van der Waals surface area contributed by atoms with E-state index in [1.165, 1.54) is 16.4 Å². The second-order valence-electron chi connectivity index (χ2n) is 7.62. The number of phenolic OH excluding ortho intramolecular Hbond substituents is 1. The Hall–Kier alpha value is -2.44. The summed E-state index contributed by atoms with van der Waals surface area (Å²) in [7, 11) is 0.548. The van der Waals surface area contributed by atoms with Crippen LogP contribution in [0.4, 0.5) is 5.69 Å². The van der Waals surface area contributed by atoms with Gasteiger partial charge in [-0.2, -0.15) is 0 Å². The molecule has 0 saturated carbocycles. The molecule has 0 heterocycles. The monoisotopic (exact) mass is 403 g/mol. The molecule has 0 aliphatic rings. The van der Waals surface area contributed by atoms with E-state index >= 15 is 0 Å². The van der Waals surface area contributed by atoms with Crippen molar-refractivity contribution in [1.29, 1.82) is 0 Å². The van der Waals surface area contributed by atoms with Crippen LogP contribution in [0.15, 0.2) is 71.7 Å². The van der Waals surface area contributed by atoms with Crippen LogP contribution in [0, 0.1) is 13.8 Å². The van der Waals surface area contributed by atoms with Crippen molar-refractivity contribution in [2.75, 3.05) is 0 Å². The SMILES string of the molecule is CCC(CC)(Pc1ccc(C)cc1C=Nc1ccccc1)c1cc(C)ccc1O. The first-order valence-corrected chi connectivity index (χ1v) is 11.3. The van der Waals surface area contributed by atoms with Gasteiger partial charge in [-0.25, -0.2) is 0 Å². The predicted octanol–water partition coefficient (Wildman–Crippen LogP) is 6.78. The third-order valence-electron chi connectivity index (χ3n) is 5.56. The van der Waals surface area contributed by atoms with Crippen molar-refractivity contribution in [2.45, 2.75) is 45.7 Å². The minimum atomic E-state index is -0.0826. The van der Waals surface area contributed by atoms with Crippen LogP contribution < -0.4 is 5.30 Å². The highest BCUT2D eigenvalue weighted by Gasteiger charge is 2.32. The lowest BCUT2D eigenvalue weighted by molar-refractivity contribution is 0.448. The lowest BCUT2D eigenvalue weighted by atomic mass is 9.91. The summed E-state index contributed by atoms with van der Waals surface area (Å²) in [6, 6.07) is 22.6. The highest BCUT2D eigenvalue weighted by atomic mass is 31.1. The largest absolute Gasteiger partial charge is 0.508 e. The number of aliphatic imine (C=N–C) groups is 1. The van der Waals surface area contributed by atoms with Crippen LogP contribution in [0.5, 0.6) is 5.75 Å². The maximum atomic E-state index is 10.7. The summed E-state index contributed by atoms with van der Waals surface area (Å²) in [5, 5.41) is 11.9. The van der Waals surface area contributed by atoms with Crippen molar-refractivity contribution in [3.8, 4) is 5.75 Å². The molecule has 3 aromatic carbocycles. The van der Waals surface area contributed by atoms with Gasteiger partial charge in [-0.15, -0.1) is 0 Å². The number of para-hydroxylation sites is 1. The predicted molar refractivity (Wildman–Crippen MR) is 128 cm³/mol. The van der Waals surface area contributed by atoms with Crippen LogP contribution in [0.1, 0.15) is 48.9 Å². The molecule has 0 aliphatic carbocycles. The van der Waals surface area contributed by atoms with Gasteiger partial charge in [0.2, 0.25) is 0 Å². The summed E-state index contributed by atoms with van der Waals surface area (Å²) < 4.78 is 0. The van der Waals surface area contributed by atoms with E-state index in [1.54, 1.807) is 0 Å². The second kappa shape index (κ2) is 9.37. The molecule has 2 nitrogen and oxygen atoms in total. The van der Waals surface area contributed by atoms with E-state index in [0.717, 1.165) is 29.7 Å². The quantitative estimate of drug-likeness (QED) is 0.342. The molecule has 0 radical (unpaired) electrons. The molecule has 29 heavy (non-hydrogen) atoms. The van der Waals surface area contributed by atoms with Gasteiger partial charge in [-0.3, -0.25) is 4.99 Å². The van der Waals surface area contributed by atoms with E-state index in [0.29, 0.717) is 14.3 Å². The van der Waals surface area contributed by atoms with Crippen molar-refractivity contribution >= 4 is 25.8 Å². The third kappa shape index (κ3) is 4.95. The number of hydrogen-bond acceptors (Lipinski definition) is 2. The molecule has 1 atom stereocenters. The van der Waals surface area contributed by atoms with Crippen molar-refractivity contribution in [3.05, 3.63) is 89.0 Å². The number of benzene rings is 3. The Morgan fingerprint density at radius 2 is 1.55 bits per heavy atom. The Morgan fingerprint density at radius 3 is 2.24 bits per heavy atom. The zero-order valence-corrected chi connectivity index (χ0v) is 18.7. The van der Waals surface area contributed by atoms with Crippen LogP contribution in [-0.4, -0.2) is 11.3 Å². The molecular weight excluding hydrogens is 373 g/mol. The molecule has 0 aromatic heterocycles. The summed E-state index contributed by atoms with van der Waals surface area (Å²) in [6.07, 6.45) is 3.93. The molecular formula is C26H30NOP. The molecule has 3 heteroatoms. The van der Waals surface area contributed by atoms with Gasteiger partial charge in [-0.1, -0.05) is 76.0 Å². The molecule has 150 valence electrons. The van der Waals surface area contributed by atoms with E-state index in [2.05, 4.69) is 52.0 Å². The van der Waals surface area contributed by atoms with Crippen LogP contribution in [-0.2, 0) is 5.16 Å². The maximum Gasteiger partial charge on any atom is 0.119 e. The number of nitrogens with zero attached hydrogens (tertiary/aromatic N) is 1. The van der Waals surface area contributed by atoms with Gasteiger partial charge < -0.3 is 5.11 Å². The van der Waals surface area contributed by atoms with E-state index < -0.39 is 0 Å². The summed E-state index contributed by atoms with van der Waals surface area (Å²) in [5.74, 6) is 0.401. The van der Waals surface area contributed by atoms with Gasteiger partial charge >= 0.3 is 0 Å². The summed E-state index contributed by atoms with van der Waals surface area (Å²) in [6.45, 7) is 8.66. The minimum absolute atomic E-state index is 0.0826. The Balaban J connectivity index is 2.03. The van der Waals surface area contributed by atoms with Gasteiger partial charge in [0.15, 0.2) is 0 Å². The second-order valence-corrected chi connectivity index (χ2v) is 9.37. The van der Waals surface area contributed by atoms with E-state index in [4.69, 9.17) is 4.99 Å². The van der Waals surface area contributed by atoms with Gasteiger partial charge in [0.1, 0.15) is 5.75 Å². The fourth-order valence-electron chi connectivity index (χ4n) is 3.73. The molecule has 1 unspecified atom stereocenters. The molecule has 0 fully saturated rings. The molecule has 0 bridgehead atoms. The maximum absolute atomic E-state index is 10.7. The van der Waals surface area contributed by atoms with Crippen molar-refractivity contribution in [1.82, 2.24) is 0 Å². The first-order chi connectivity index (χ1) is 14.0. The zero-order valence-electron chi connectivity index (χ0n) is 17.7. The average Bonchev–Trinajstić information content (AvgIpc) is 2.74. The van der Waals surface area contributed by atoms with Crippen LogP contribution in [0.3, 0.4) is 0 Å². The van der Waals surface area contributed by atoms with Gasteiger partial charge in [-0.05, 0) is 56.3 Å². The Kier molecular flexibility index (Phi) is 6.87. The van der Waals surface area contributed by atoms with Crippen LogP contribution >= 0.6 is 8.58 Å². The van der Waals surface area contributed by atoms with Crippen molar-refractivity contribution in [3.63, 3.8) is 0 Å². The number of aryl methyl sites for hydroxylation is 2. The van der Waals surface area contributed by atoms with Crippen LogP contribution in [0.2, 0.25) is 0 Å². The molecule has 0 spiro atoms. The van der Waals surface area contributed by atoms with Gasteiger partial charge in [0, 0.05) is 22.5 Å². The summed E-state index contributed by atoms with van der Waals surface area (Å²) in [4.78, 5) is 4.69.